The quantitative estimate of drug-likeness (QED) is 0.248. The Labute approximate surface area is 320 Å². The summed E-state index contributed by atoms with van der Waals surface area (Å²) in [6, 6.07) is 14.3. The molecule has 0 saturated heterocycles. The Morgan fingerprint density at radius 2 is 1.04 bits per heavy atom. The molecule has 0 spiro atoms. The summed E-state index contributed by atoms with van der Waals surface area (Å²) in [6.45, 7) is 16.1. The summed E-state index contributed by atoms with van der Waals surface area (Å²) >= 11 is 0. The molecule has 284 valence electrons. The summed E-state index contributed by atoms with van der Waals surface area (Å²) in [5.74, 6) is 0.0566. The number of phenolic OH excluding ortho intramolecular Hbond substituents is 2. The lowest BCUT2D eigenvalue weighted by atomic mass is 9.77. The number of benzene rings is 3. The molecule has 9 heteroatoms. The fourth-order valence-corrected chi connectivity index (χ4v) is 8.85. The van der Waals surface area contributed by atoms with Gasteiger partial charge in [-0.25, -0.2) is 0 Å². The Morgan fingerprint density at radius 1 is 0.618 bits per heavy atom. The standard InChI is InChI=1S/C46H49N3O6/c1-10-25-13-14-26(37(50)17-25)18-29-41(52)31(42(29)53)21-39-45(4,5)33-23-36-34(24-35(33)47(39)8)46(6,7)40(48(36)9)22-32-43(54)30(44(32)55)19-27-15-16-28(20-38(27)51)49(11-2)12-3/h13-24,39-40,50-51H,10-12H2,1-9H3. The minimum Gasteiger partial charge on any atom is -0.507 e. The van der Waals surface area contributed by atoms with Crippen LogP contribution in [0.2, 0.25) is 0 Å². The number of phenols is 2. The van der Waals surface area contributed by atoms with Crippen molar-refractivity contribution in [2.75, 3.05) is 41.9 Å². The number of rotatable bonds is 8. The molecule has 0 aromatic heterocycles. The highest BCUT2D eigenvalue weighted by Gasteiger charge is 2.48. The minimum absolute atomic E-state index is 0.0171. The third-order valence-corrected chi connectivity index (χ3v) is 12.4. The Kier molecular flexibility index (Phi) is 9.06. The van der Waals surface area contributed by atoms with Crippen molar-refractivity contribution in [3.8, 4) is 11.5 Å². The van der Waals surface area contributed by atoms with E-state index in [4.69, 9.17) is 0 Å². The van der Waals surface area contributed by atoms with Gasteiger partial charge in [0.1, 0.15) is 11.5 Å². The molecule has 0 aliphatic carbocycles. The van der Waals surface area contributed by atoms with Gasteiger partial charge in [0.15, 0.2) is 0 Å². The fourth-order valence-electron chi connectivity index (χ4n) is 8.85. The van der Waals surface area contributed by atoms with E-state index in [1.807, 2.05) is 47.0 Å². The summed E-state index contributed by atoms with van der Waals surface area (Å²) in [4.78, 5) is 59.9. The normalized spacial score (nSPS) is 18.1. The zero-order valence-electron chi connectivity index (χ0n) is 33.1. The van der Waals surface area contributed by atoms with E-state index in [2.05, 4.69) is 54.5 Å². The van der Waals surface area contributed by atoms with Crippen LogP contribution in [0.1, 0.15) is 76.3 Å². The number of fused-ring (bicyclic) bond motifs is 2. The van der Waals surface area contributed by atoms with Gasteiger partial charge in [-0.15, -0.1) is 0 Å². The van der Waals surface area contributed by atoms with Gasteiger partial charge in [-0.1, -0.05) is 46.8 Å². The Morgan fingerprint density at radius 3 is 1.42 bits per heavy atom. The van der Waals surface area contributed by atoms with Crippen molar-refractivity contribution < 1.29 is 10.2 Å². The second kappa shape index (κ2) is 13.3. The molecule has 0 bridgehead atoms. The van der Waals surface area contributed by atoms with E-state index in [9.17, 15) is 29.4 Å². The molecule has 9 nitrogen and oxygen atoms in total. The third-order valence-electron chi connectivity index (χ3n) is 12.4. The van der Waals surface area contributed by atoms with E-state index in [-0.39, 0.29) is 66.2 Å². The van der Waals surface area contributed by atoms with Crippen molar-refractivity contribution >= 4 is 41.4 Å². The molecule has 2 N–H and O–H groups in total. The Bertz CT molecular complexity index is 2730. The highest BCUT2D eigenvalue weighted by molar-refractivity contribution is 5.79. The van der Waals surface area contributed by atoms with Crippen molar-refractivity contribution in [3.05, 3.63) is 138 Å². The van der Waals surface area contributed by atoms with Gasteiger partial charge >= 0.3 is 0 Å². The van der Waals surface area contributed by atoms with Gasteiger partial charge in [-0.3, -0.25) is 19.2 Å². The van der Waals surface area contributed by atoms with Gasteiger partial charge in [0.25, 0.3) is 0 Å². The topological polar surface area (TPSA) is 118 Å². The van der Waals surface area contributed by atoms with Crippen molar-refractivity contribution in [3.63, 3.8) is 0 Å². The van der Waals surface area contributed by atoms with Crippen LogP contribution in [-0.4, -0.2) is 49.5 Å². The smallest absolute Gasteiger partial charge is 0.200 e. The second-order valence-electron chi connectivity index (χ2n) is 16.2. The number of aromatic hydroxyl groups is 2. The molecular weight excluding hydrogens is 691 g/mol. The number of aryl methyl sites for hydroxylation is 1. The fraction of sp³-hybridized carbons (Fsp3) is 0.348. The number of likely N-dealkylation sites (N-methyl/N-ethyl adjacent to an activating group) is 2. The number of anilines is 3. The van der Waals surface area contributed by atoms with Crippen molar-refractivity contribution in [1.82, 2.24) is 0 Å². The number of hydrogen-bond acceptors (Lipinski definition) is 9. The van der Waals surface area contributed by atoms with Gasteiger partial charge in [-0.05, 0) is 91.6 Å². The van der Waals surface area contributed by atoms with Crippen LogP contribution >= 0.6 is 0 Å². The predicted octanol–water partition coefficient (Wildman–Crippen LogP) is 2.51. The molecule has 5 aromatic rings. The molecule has 5 aromatic carbocycles. The van der Waals surface area contributed by atoms with E-state index >= 15 is 0 Å². The van der Waals surface area contributed by atoms with Crippen LogP contribution in [0, 0.1) is 0 Å². The minimum atomic E-state index is -0.479. The van der Waals surface area contributed by atoms with E-state index < -0.39 is 10.8 Å². The molecule has 2 aliphatic heterocycles. The summed E-state index contributed by atoms with van der Waals surface area (Å²) in [7, 11) is 3.94. The van der Waals surface area contributed by atoms with Crippen LogP contribution in [-0.2, 0) is 17.3 Å². The van der Waals surface area contributed by atoms with Gasteiger partial charge in [0.2, 0.25) is 21.7 Å². The first-order chi connectivity index (χ1) is 26.0. The van der Waals surface area contributed by atoms with Crippen molar-refractivity contribution in [1.29, 1.82) is 0 Å². The first-order valence-electron chi connectivity index (χ1n) is 19.1. The SMILES string of the molecule is CCc1ccc(C=c2c(=O)c(=CC3N(C)c4cc5c(cc4C3(C)C)N(C)C(C=c3c(=O)c(=Cc4ccc(N(CC)CC)cc4O)c3=O)C5(C)C)c2=O)c(O)c1. The number of nitrogens with zero attached hydrogens (tertiary/aromatic N) is 3. The van der Waals surface area contributed by atoms with Crippen molar-refractivity contribution in [2.24, 2.45) is 0 Å². The lowest BCUT2D eigenvalue weighted by Crippen LogP contribution is -2.65. The maximum absolute atomic E-state index is 13.4. The predicted molar refractivity (Wildman–Crippen MR) is 223 cm³/mol. The molecule has 0 fully saturated rings. The summed E-state index contributed by atoms with van der Waals surface area (Å²) < 4.78 is 0. The maximum atomic E-state index is 13.4. The zero-order valence-corrected chi connectivity index (χ0v) is 33.1. The molecule has 0 saturated carbocycles. The highest BCUT2D eigenvalue weighted by atomic mass is 16.3. The monoisotopic (exact) mass is 739 g/mol. The molecule has 2 unspecified atom stereocenters. The zero-order chi connectivity index (χ0) is 39.9. The van der Waals surface area contributed by atoms with Crippen LogP contribution in [0.4, 0.5) is 17.1 Å². The van der Waals surface area contributed by atoms with Crippen LogP contribution in [0.25, 0.3) is 24.3 Å². The molecule has 2 aliphatic rings. The largest absolute Gasteiger partial charge is 0.507 e. The van der Waals surface area contributed by atoms with Crippen LogP contribution in [0.5, 0.6) is 11.5 Å². The van der Waals surface area contributed by atoms with Crippen LogP contribution < -0.4 is 57.3 Å². The van der Waals surface area contributed by atoms with Gasteiger partial charge < -0.3 is 24.9 Å². The van der Waals surface area contributed by atoms with Gasteiger partial charge in [0.05, 0.1) is 33.0 Å². The van der Waals surface area contributed by atoms with E-state index in [1.54, 1.807) is 36.4 Å². The van der Waals surface area contributed by atoms with E-state index in [0.717, 1.165) is 53.3 Å². The summed E-state index contributed by atoms with van der Waals surface area (Å²) in [5, 5.41) is 21.6. The first-order valence-corrected chi connectivity index (χ1v) is 19.1. The summed E-state index contributed by atoms with van der Waals surface area (Å²) in [6.07, 6.45) is 7.29. The lowest BCUT2D eigenvalue weighted by Gasteiger charge is -2.31. The Hall–Kier alpha value is -5.70. The Balaban J connectivity index is 1.20. The van der Waals surface area contributed by atoms with Crippen molar-refractivity contribution in [2.45, 2.75) is 77.8 Å². The second-order valence-corrected chi connectivity index (χ2v) is 16.2. The number of hydrogen-bond donors (Lipinski definition) is 2. The molecular formula is C46H49N3O6. The van der Waals surface area contributed by atoms with Crippen LogP contribution in [0.15, 0.2) is 67.7 Å². The lowest BCUT2D eigenvalue weighted by molar-refractivity contribution is 0.473. The first kappa shape index (κ1) is 37.6. The highest BCUT2D eigenvalue weighted by Crippen LogP contribution is 2.53. The molecule has 7 rings (SSSR count). The summed E-state index contributed by atoms with van der Waals surface area (Å²) in [5.41, 5.74) is 4.54. The van der Waals surface area contributed by atoms with E-state index in [1.165, 1.54) is 12.2 Å². The van der Waals surface area contributed by atoms with Gasteiger partial charge in [0, 0.05) is 72.3 Å². The molecule has 55 heavy (non-hydrogen) atoms. The molecule has 0 amide bonds. The maximum Gasteiger partial charge on any atom is 0.200 e. The van der Waals surface area contributed by atoms with Crippen LogP contribution in [0.3, 0.4) is 0 Å². The third kappa shape index (κ3) is 5.74. The van der Waals surface area contributed by atoms with E-state index in [0.29, 0.717) is 11.1 Å². The molecule has 2 atom stereocenters. The average Bonchev–Trinajstić information content (AvgIpc) is 3.46. The molecule has 0 radical (unpaired) electrons. The average molecular weight is 740 g/mol. The molecule has 2 heterocycles. The van der Waals surface area contributed by atoms with Gasteiger partial charge in [-0.2, -0.15) is 0 Å².